The first-order valence-corrected chi connectivity index (χ1v) is 10.6. The van der Waals surface area contributed by atoms with Gasteiger partial charge in [0.1, 0.15) is 11.4 Å². The Labute approximate surface area is 188 Å². The molecule has 32 heavy (non-hydrogen) atoms. The standard InChI is InChI=1S/C25H29NO6/c1-6-31-22(28)25(15-17-9-7-8-10-19(17)21(25)27)20(26-23(29)32-24(2,3)4)16-11-13-18(30-5)14-12-16/h7-14,20H,6,15H2,1-5H3,(H,26,29)/t20-,25-/m0/s1. The number of amides is 1. The van der Waals surface area contributed by atoms with Crippen molar-refractivity contribution in [1.82, 2.24) is 5.32 Å². The summed E-state index contributed by atoms with van der Waals surface area (Å²) in [5.74, 6) is -0.461. The van der Waals surface area contributed by atoms with Gasteiger partial charge in [0.25, 0.3) is 0 Å². The van der Waals surface area contributed by atoms with Crippen molar-refractivity contribution >= 4 is 17.8 Å². The number of rotatable bonds is 6. The van der Waals surface area contributed by atoms with E-state index in [4.69, 9.17) is 14.2 Å². The van der Waals surface area contributed by atoms with Gasteiger partial charge >= 0.3 is 12.1 Å². The first-order valence-electron chi connectivity index (χ1n) is 10.6. The molecule has 7 nitrogen and oxygen atoms in total. The van der Waals surface area contributed by atoms with Crippen LogP contribution in [0.2, 0.25) is 0 Å². The van der Waals surface area contributed by atoms with Crippen LogP contribution in [-0.2, 0) is 20.7 Å². The average molecular weight is 440 g/mol. The lowest BCUT2D eigenvalue weighted by Gasteiger charge is -2.35. The minimum Gasteiger partial charge on any atom is -0.497 e. The Kier molecular flexibility index (Phi) is 6.57. The number of alkyl carbamates (subject to hydrolysis) is 1. The number of ketones is 1. The predicted molar refractivity (Wildman–Crippen MR) is 119 cm³/mol. The minimum absolute atomic E-state index is 0.103. The lowest BCUT2D eigenvalue weighted by atomic mass is 9.73. The summed E-state index contributed by atoms with van der Waals surface area (Å²) in [7, 11) is 1.54. The van der Waals surface area contributed by atoms with Crippen LogP contribution in [0.15, 0.2) is 48.5 Å². The number of hydrogen-bond donors (Lipinski definition) is 1. The van der Waals surface area contributed by atoms with E-state index in [-0.39, 0.29) is 18.8 Å². The molecule has 2 aromatic rings. The average Bonchev–Trinajstić information content (AvgIpc) is 3.05. The molecule has 1 aliphatic rings. The Hall–Kier alpha value is -3.35. The number of ether oxygens (including phenoxy) is 3. The maximum atomic E-state index is 13.7. The van der Waals surface area contributed by atoms with Crippen LogP contribution in [-0.4, -0.2) is 37.2 Å². The van der Waals surface area contributed by atoms with Gasteiger partial charge in [-0.05, 0) is 57.4 Å². The summed E-state index contributed by atoms with van der Waals surface area (Å²) in [5, 5.41) is 2.79. The van der Waals surface area contributed by atoms with Crippen LogP contribution in [0.25, 0.3) is 0 Å². The van der Waals surface area contributed by atoms with Crippen molar-refractivity contribution in [2.75, 3.05) is 13.7 Å². The molecule has 1 N–H and O–H groups in total. The third-order valence-corrected chi connectivity index (χ3v) is 5.38. The Morgan fingerprint density at radius 1 is 1.09 bits per heavy atom. The summed E-state index contributed by atoms with van der Waals surface area (Å²) in [4.78, 5) is 39.9. The zero-order chi connectivity index (χ0) is 23.5. The van der Waals surface area contributed by atoms with E-state index in [2.05, 4.69) is 5.32 Å². The lowest BCUT2D eigenvalue weighted by Crippen LogP contribution is -2.51. The highest BCUT2D eigenvalue weighted by Crippen LogP contribution is 2.47. The molecule has 2 atom stereocenters. The van der Waals surface area contributed by atoms with Gasteiger partial charge in [0, 0.05) is 5.56 Å². The van der Waals surface area contributed by atoms with E-state index < -0.39 is 29.1 Å². The third kappa shape index (κ3) is 4.47. The van der Waals surface area contributed by atoms with Gasteiger partial charge in [0.15, 0.2) is 11.2 Å². The second-order valence-electron chi connectivity index (χ2n) is 8.71. The molecule has 0 aromatic heterocycles. The molecular weight excluding hydrogens is 410 g/mol. The minimum atomic E-state index is -1.66. The van der Waals surface area contributed by atoms with Crippen molar-refractivity contribution in [2.24, 2.45) is 5.41 Å². The summed E-state index contributed by atoms with van der Waals surface area (Å²) in [6.45, 7) is 7.01. The molecule has 0 saturated heterocycles. The zero-order valence-corrected chi connectivity index (χ0v) is 19.1. The van der Waals surface area contributed by atoms with Crippen molar-refractivity contribution in [3.05, 3.63) is 65.2 Å². The van der Waals surface area contributed by atoms with Crippen molar-refractivity contribution in [3.63, 3.8) is 0 Å². The highest BCUT2D eigenvalue weighted by molar-refractivity contribution is 6.17. The van der Waals surface area contributed by atoms with Crippen LogP contribution < -0.4 is 10.1 Å². The first kappa shape index (κ1) is 23.3. The van der Waals surface area contributed by atoms with Gasteiger partial charge in [0.05, 0.1) is 19.8 Å². The van der Waals surface area contributed by atoms with Crippen molar-refractivity contribution in [3.8, 4) is 5.75 Å². The van der Waals surface area contributed by atoms with Crippen LogP contribution in [0.1, 0.15) is 55.2 Å². The summed E-state index contributed by atoms with van der Waals surface area (Å²) in [6, 6.07) is 12.9. The number of Topliss-reactive ketones (excluding diaryl/α,β-unsaturated/α-hetero) is 1. The first-order chi connectivity index (χ1) is 15.1. The van der Waals surface area contributed by atoms with Gasteiger partial charge < -0.3 is 19.5 Å². The molecule has 0 heterocycles. The van der Waals surface area contributed by atoms with Crippen LogP contribution in [0.4, 0.5) is 4.79 Å². The maximum absolute atomic E-state index is 13.7. The van der Waals surface area contributed by atoms with E-state index in [1.165, 1.54) is 0 Å². The number of esters is 1. The molecule has 1 aliphatic carbocycles. The van der Waals surface area contributed by atoms with E-state index >= 15 is 0 Å². The van der Waals surface area contributed by atoms with Crippen molar-refractivity contribution in [2.45, 2.75) is 45.8 Å². The summed E-state index contributed by atoms with van der Waals surface area (Å²) >= 11 is 0. The maximum Gasteiger partial charge on any atom is 0.408 e. The van der Waals surface area contributed by atoms with Crippen molar-refractivity contribution in [1.29, 1.82) is 0 Å². The second-order valence-corrected chi connectivity index (χ2v) is 8.71. The molecule has 0 radical (unpaired) electrons. The van der Waals surface area contributed by atoms with Crippen LogP contribution >= 0.6 is 0 Å². The normalized spacial score (nSPS) is 18.5. The van der Waals surface area contributed by atoms with Gasteiger partial charge in [0.2, 0.25) is 0 Å². The molecule has 2 aromatic carbocycles. The van der Waals surface area contributed by atoms with Crippen LogP contribution in [0, 0.1) is 5.41 Å². The molecule has 0 aliphatic heterocycles. The molecule has 0 unspecified atom stereocenters. The van der Waals surface area contributed by atoms with Crippen molar-refractivity contribution < 1.29 is 28.6 Å². The van der Waals surface area contributed by atoms with Crippen LogP contribution in [0.3, 0.4) is 0 Å². The number of benzene rings is 2. The van der Waals surface area contributed by atoms with Gasteiger partial charge in [-0.2, -0.15) is 0 Å². The Balaban J connectivity index is 2.14. The fourth-order valence-corrected chi connectivity index (χ4v) is 4.01. The summed E-state index contributed by atoms with van der Waals surface area (Å²) in [5.41, 5.74) is -0.676. The molecule has 7 heteroatoms. The SMILES string of the molecule is CCOC(=O)[C@]1([C@@H](NC(=O)OC(C)(C)C)c2ccc(OC)cc2)Cc2ccccc2C1=O. The topological polar surface area (TPSA) is 90.9 Å². The Morgan fingerprint density at radius 2 is 1.75 bits per heavy atom. The highest BCUT2D eigenvalue weighted by atomic mass is 16.6. The zero-order valence-electron chi connectivity index (χ0n) is 19.1. The second kappa shape index (κ2) is 9.02. The van der Waals surface area contributed by atoms with Crippen LogP contribution in [0.5, 0.6) is 5.75 Å². The van der Waals surface area contributed by atoms with Gasteiger partial charge in [-0.15, -0.1) is 0 Å². The van der Waals surface area contributed by atoms with E-state index in [1.807, 2.05) is 12.1 Å². The smallest absolute Gasteiger partial charge is 0.408 e. The van der Waals surface area contributed by atoms with Gasteiger partial charge in [-0.3, -0.25) is 9.59 Å². The van der Waals surface area contributed by atoms with Gasteiger partial charge in [-0.1, -0.05) is 36.4 Å². The Bertz CT molecular complexity index is 1010. The largest absolute Gasteiger partial charge is 0.497 e. The number of fused-ring (bicyclic) bond motifs is 1. The molecule has 0 saturated carbocycles. The molecule has 0 fully saturated rings. The lowest BCUT2D eigenvalue weighted by molar-refractivity contribution is -0.153. The fourth-order valence-electron chi connectivity index (χ4n) is 4.01. The number of methoxy groups -OCH3 is 1. The summed E-state index contributed by atoms with van der Waals surface area (Å²) in [6.07, 6.45) is -0.626. The molecular formula is C25H29NO6. The monoisotopic (exact) mass is 439 g/mol. The molecule has 3 rings (SSSR count). The quantitative estimate of drug-likeness (QED) is 0.535. The third-order valence-electron chi connectivity index (χ3n) is 5.38. The number of carbonyl (C=O) groups is 3. The number of hydrogen-bond acceptors (Lipinski definition) is 6. The highest BCUT2D eigenvalue weighted by Gasteiger charge is 2.59. The van der Waals surface area contributed by atoms with E-state index in [9.17, 15) is 14.4 Å². The molecule has 0 bridgehead atoms. The Morgan fingerprint density at radius 3 is 2.31 bits per heavy atom. The predicted octanol–water partition coefficient (Wildman–Crippen LogP) is 4.25. The number of nitrogens with one attached hydrogen (secondary N) is 1. The molecule has 1 amide bonds. The summed E-state index contributed by atoms with van der Waals surface area (Å²) < 4.78 is 16.1. The van der Waals surface area contributed by atoms with E-state index in [0.29, 0.717) is 16.9 Å². The molecule has 170 valence electrons. The fraction of sp³-hybridized carbons (Fsp3) is 0.400. The van der Waals surface area contributed by atoms with E-state index in [1.54, 1.807) is 71.2 Å². The van der Waals surface area contributed by atoms with Gasteiger partial charge in [-0.25, -0.2) is 4.79 Å². The number of carbonyl (C=O) groups excluding carboxylic acids is 3. The van der Waals surface area contributed by atoms with E-state index in [0.717, 1.165) is 5.56 Å². The molecule has 0 spiro atoms.